The van der Waals surface area contributed by atoms with Gasteiger partial charge in [0.25, 0.3) is 0 Å². The highest BCUT2D eigenvalue weighted by Crippen LogP contribution is 2.14. The minimum absolute atomic E-state index is 0.0728. The van der Waals surface area contributed by atoms with Gasteiger partial charge < -0.3 is 22.1 Å². The molecule has 0 amide bonds. The van der Waals surface area contributed by atoms with Crippen LogP contribution in [0.1, 0.15) is 66.2 Å². The van der Waals surface area contributed by atoms with E-state index in [-0.39, 0.29) is 11.1 Å². The summed E-state index contributed by atoms with van der Waals surface area (Å²) in [5.74, 6) is 0. The van der Waals surface area contributed by atoms with Crippen molar-refractivity contribution in [3.05, 3.63) is 0 Å². The molecule has 0 rings (SSSR count). The van der Waals surface area contributed by atoms with Crippen LogP contribution in [0, 0.1) is 0 Å². The molecule has 0 aromatic rings. The van der Waals surface area contributed by atoms with Crippen LogP contribution in [0.2, 0.25) is 0 Å². The van der Waals surface area contributed by atoms with Gasteiger partial charge in [-0.15, -0.1) is 0 Å². The standard InChI is InChI=1S/2C8H20N2/c1-7(2,9)5-6-8(3,4)10;1-9-7-5-3-4-6-8-10-2/h5-6,9-10H2,1-4H3;9-10H,3-8H2,1-2H3. The van der Waals surface area contributed by atoms with E-state index in [2.05, 4.69) is 10.6 Å². The molecule has 4 heteroatoms. The summed E-state index contributed by atoms with van der Waals surface area (Å²) in [4.78, 5) is 0. The highest BCUT2D eigenvalue weighted by molar-refractivity contribution is 4.79. The van der Waals surface area contributed by atoms with Crippen molar-refractivity contribution in [1.82, 2.24) is 10.6 Å². The van der Waals surface area contributed by atoms with Crippen molar-refractivity contribution in [2.24, 2.45) is 11.5 Å². The molecule has 6 N–H and O–H groups in total. The highest BCUT2D eigenvalue weighted by Gasteiger charge is 2.16. The van der Waals surface area contributed by atoms with Gasteiger partial charge in [-0.2, -0.15) is 0 Å². The number of nitrogens with two attached hydrogens (primary N) is 2. The van der Waals surface area contributed by atoms with Crippen molar-refractivity contribution in [1.29, 1.82) is 0 Å². The second-order valence-electron chi connectivity index (χ2n) is 7.10. The maximum atomic E-state index is 5.79. The Hall–Kier alpha value is -0.160. The predicted molar refractivity (Wildman–Crippen MR) is 92.1 cm³/mol. The Morgan fingerprint density at radius 1 is 0.650 bits per heavy atom. The van der Waals surface area contributed by atoms with Crippen LogP contribution in [-0.2, 0) is 0 Å². The molecule has 0 saturated carbocycles. The lowest BCUT2D eigenvalue weighted by atomic mass is 9.91. The van der Waals surface area contributed by atoms with E-state index in [1.807, 2.05) is 41.8 Å². The van der Waals surface area contributed by atoms with Gasteiger partial charge in [0.05, 0.1) is 0 Å². The number of hydrogen-bond donors (Lipinski definition) is 4. The van der Waals surface area contributed by atoms with Crippen molar-refractivity contribution in [2.75, 3.05) is 27.2 Å². The average Bonchev–Trinajstić information content (AvgIpc) is 2.31. The number of nitrogens with one attached hydrogen (secondary N) is 2. The molecule has 0 aliphatic rings. The lowest BCUT2D eigenvalue weighted by molar-refractivity contribution is 0.376. The van der Waals surface area contributed by atoms with Crippen LogP contribution in [0.5, 0.6) is 0 Å². The molecule has 0 aliphatic heterocycles. The molecule has 0 radical (unpaired) electrons. The van der Waals surface area contributed by atoms with Gasteiger partial charge in [0.2, 0.25) is 0 Å². The van der Waals surface area contributed by atoms with Crippen LogP contribution >= 0.6 is 0 Å². The molecule has 0 saturated heterocycles. The summed E-state index contributed by atoms with van der Waals surface area (Å²) in [5.41, 5.74) is 11.4. The van der Waals surface area contributed by atoms with Crippen LogP contribution in [0.4, 0.5) is 0 Å². The highest BCUT2D eigenvalue weighted by atomic mass is 14.8. The molecular formula is C16H40N4. The second kappa shape index (κ2) is 12.6. The molecule has 0 bridgehead atoms. The van der Waals surface area contributed by atoms with E-state index in [1.165, 1.54) is 38.8 Å². The van der Waals surface area contributed by atoms with Gasteiger partial charge in [-0.25, -0.2) is 0 Å². The minimum atomic E-state index is -0.0728. The zero-order valence-corrected chi connectivity index (χ0v) is 14.8. The molecule has 0 fully saturated rings. The fourth-order valence-electron chi connectivity index (χ4n) is 1.60. The van der Waals surface area contributed by atoms with E-state index in [4.69, 9.17) is 11.5 Å². The molecule has 0 heterocycles. The van der Waals surface area contributed by atoms with Gasteiger partial charge >= 0.3 is 0 Å². The molecule has 0 spiro atoms. The van der Waals surface area contributed by atoms with Gasteiger partial charge in [-0.3, -0.25) is 0 Å². The minimum Gasteiger partial charge on any atom is -0.326 e. The Kier molecular flexibility index (Phi) is 13.9. The molecule has 0 aliphatic carbocycles. The molecule has 0 aromatic carbocycles. The first kappa shape index (κ1) is 22.1. The number of hydrogen-bond acceptors (Lipinski definition) is 4. The smallest absolute Gasteiger partial charge is 0.00977 e. The third kappa shape index (κ3) is 26.4. The third-order valence-corrected chi connectivity index (χ3v) is 3.02. The monoisotopic (exact) mass is 288 g/mol. The Morgan fingerprint density at radius 2 is 0.950 bits per heavy atom. The summed E-state index contributed by atoms with van der Waals surface area (Å²) in [6, 6.07) is 0. The quantitative estimate of drug-likeness (QED) is 0.465. The van der Waals surface area contributed by atoms with E-state index in [1.54, 1.807) is 0 Å². The summed E-state index contributed by atoms with van der Waals surface area (Å²) in [7, 11) is 4.02. The lowest BCUT2D eigenvalue weighted by Crippen LogP contribution is -2.38. The SMILES string of the molecule is CC(C)(N)CCC(C)(C)N.CNCCCCCCNC. The molecule has 0 unspecified atom stereocenters. The van der Waals surface area contributed by atoms with E-state index >= 15 is 0 Å². The zero-order chi connectivity index (χ0) is 16.1. The van der Waals surface area contributed by atoms with Crippen molar-refractivity contribution in [3.63, 3.8) is 0 Å². The first-order chi connectivity index (χ1) is 9.12. The topological polar surface area (TPSA) is 76.1 Å². The zero-order valence-electron chi connectivity index (χ0n) is 14.8. The van der Waals surface area contributed by atoms with E-state index in [0.717, 1.165) is 12.8 Å². The summed E-state index contributed by atoms with van der Waals surface area (Å²) in [5, 5.41) is 6.29. The van der Waals surface area contributed by atoms with Crippen LogP contribution < -0.4 is 22.1 Å². The van der Waals surface area contributed by atoms with Crippen molar-refractivity contribution >= 4 is 0 Å². The van der Waals surface area contributed by atoms with Crippen molar-refractivity contribution < 1.29 is 0 Å². The van der Waals surface area contributed by atoms with Gasteiger partial charge in [-0.05, 0) is 80.6 Å². The fraction of sp³-hybridized carbons (Fsp3) is 1.00. The molecule has 0 aromatic heterocycles. The fourth-order valence-corrected chi connectivity index (χ4v) is 1.60. The molecule has 4 nitrogen and oxygen atoms in total. The Bertz CT molecular complexity index is 170. The van der Waals surface area contributed by atoms with Crippen molar-refractivity contribution in [3.8, 4) is 0 Å². The van der Waals surface area contributed by atoms with Crippen LogP contribution in [-0.4, -0.2) is 38.3 Å². The van der Waals surface area contributed by atoms with Crippen LogP contribution in [0.25, 0.3) is 0 Å². The first-order valence-corrected chi connectivity index (χ1v) is 7.99. The largest absolute Gasteiger partial charge is 0.326 e. The Morgan fingerprint density at radius 3 is 1.15 bits per heavy atom. The first-order valence-electron chi connectivity index (χ1n) is 7.99. The van der Waals surface area contributed by atoms with Crippen molar-refractivity contribution in [2.45, 2.75) is 77.3 Å². The second-order valence-corrected chi connectivity index (χ2v) is 7.10. The van der Waals surface area contributed by atoms with E-state index in [9.17, 15) is 0 Å². The number of unbranched alkanes of at least 4 members (excludes halogenated alkanes) is 3. The van der Waals surface area contributed by atoms with Gasteiger partial charge in [0.1, 0.15) is 0 Å². The van der Waals surface area contributed by atoms with Crippen LogP contribution in [0.15, 0.2) is 0 Å². The third-order valence-electron chi connectivity index (χ3n) is 3.02. The molecule has 0 atom stereocenters. The van der Waals surface area contributed by atoms with E-state index < -0.39 is 0 Å². The van der Waals surface area contributed by atoms with Gasteiger partial charge in [-0.1, -0.05) is 12.8 Å². The summed E-state index contributed by atoms with van der Waals surface area (Å²) < 4.78 is 0. The maximum Gasteiger partial charge on any atom is 0.00977 e. The van der Waals surface area contributed by atoms with Crippen LogP contribution in [0.3, 0.4) is 0 Å². The average molecular weight is 289 g/mol. The summed E-state index contributed by atoms with van der Waals surface area (Å²) >= 11 is 0. The Labute approximate surface area is 127 Å². The summed E-state index contributed by atoms with van der Waals surface area (Å²) in [6.45, 7) is 10.4. The summed E-state index contributed by atoms with van der Waals surface area (Å²) in [6.07, 6.45) is 7.33. The normalized spacial score (nSPS) is 12.0. The molecular weight excluding hydrogens is 248 g/mol. The molecule has 124 valence electrons. The maximum absolute atomic E-state index is 5.79. The Balaban J connectivity index is 0. The predicted octanol–water partition coefficient (Wildman–Crippen LogP) is 2.23. The van der Waals surface area contributed by atoms with Gasteiger partial charge in [0, 0.05) is 11.1 Å². The van der Waals surface area contributed by atoms with E-state index in [0.29, 0.717) is 0 Å². The lowest BCUT2D eigenvalue weighted by Gasteiger charge is -2.24. The molecule has 20 heavy (non-hydrogen) atoms. The van der Waals surface area contributed by atoms with Gasteiger partial charge in [0.15, 0.2) is 0 Å². The number of rotatable bonds is 10.